The Morgan fingerprint density at radius 1 is 1.27 bits per heavy atom. The van der Waals surface area contributed by atoms with Crippen molar-refractivity contribution in [3.8, 4) is 0 Å². The first-order valence-corrected chi connectivity index (χ1v) is 6.60. The molecule has 0 aliphatic carbocycles. The zero-order valence-electron chi connectivity index (χ0n) is 9.34. The number of amides is 1. The molecule has 88 valence electrons. The summed E-state index contributed by atoms with van der Waals surface area (Å²) >= 11 is 1.77. The lowest BCUT2D eigenvalue weighted by molar-refractivity contribution is 0.152. The van der Waals surface area contributed by atoms with Gasteiger partial charge in [0.05, 0.1) is 0 Å². The average Bonchev–Trinajstić information content (AvgIpc) is 2.20. The minimum absolute atomic E-state index is 0.0483. The largest absolute Gasteiger partial charge is 0.348 e. The molecule has 1 rings (SSSR count). The lowest BCUT2D eigenvalue weighted by Crippen LogP contribution is -2.44. The topological polar surface area (TPSA) is 35.6 Å². The molecule has 0 aromatic carbocycles. The second-order valence-electron chi connectivity index (χ2n) is 4.05. The molecule has 0 radical (unpaired) electrons. The smallest absolute Gasteiger partial charge is 0.280 e. The fourth-order valence-electron chi connectivity index (χ4n) is 1.72. The highest BCUT2D eigenvalue weighted by molar-refractivity contribution is 14.1. The number of piperazine rings is 1. The predicted octanol–water partition coefficient (Wildman–Crippen LogP) is 1.16. The number of rotatable bonds is 5. The van der Waals surface area contributed by atoms with Gasteiger partial charge in [0, 0.05) is 55.3 Å². The summed E-state index contributed by atoms with van der Waals surface area (Å²) < 4.78 is 0.0483. The van der Waals surface area contributed by atoms with Gasteiger partial charge >= 0.3 is 0 Å². The van der Waals surface area contributed by atoms with Gasteiger partial charge < -0.3 is 15.1 Å². The summed E-state index contributed by atoms with van der Waals surface area (Å²) in [6.07, 6.45) is 2.27. The number of likely N-dealkylation sites (N-methyl/N-ethyl adjacent to an activating group) is 1. The summed E-state index contributed by atoms with van der Waals surface area (Å²) in [4.78, 5) is 15.5. The van der Waals surface area contributed by atoms with Gasteiger partial charge in [-0.3, -0.25) is 4.79 Å². The van der Waals surface area contributed by atoms with Crippen molar-refractivity contribution in [2.75, 3.05) is 46.3 Å². The number of carbonyl (C=O) groups is 1. The molecule has 15 heavy (non-hydrogen) atoms. The first-order valence-electron chi connectivity index (χ1n) is 5.53. The molecule has 0 bridgehead atoms. The number of hydrogen-bond acceptors (Lipinski definition) is 3. The zero-order chi connectivity index (χ0) is 11.1. The Labute approximate surface area is 106 Å². The number of nitrogens with one attached hydrogen (secondary N) is 1. The van der Waals surface area contributed by atoms with Gasteiger partial charge in [0.1, 0.15) is 0 Å². The highest BCUT2D eigenvalue weighted by Crippen LogP contribution is 2.01. The molecule has 1 heterocycles. The highest BCUT2D eigenvalue weighted by Gasteiger charge is 2.12. The van der Waals surface area contributed by atoms with Crippen molar-refractivity contribution in [1.82, 2.24) is 15.1 Å². The first-order chi connectivity index (χ1) is 7.18. The molecule has 5 heteroatoms. The van der Waals surface area contributed by atoms with Crippen LogP contribution in [0.1, 0.15) is 12.8 Å². The van der Waals surface area contributed by atoms with Crippen LogP contribution in [0.5, 0.6) is 0 Å². The van der Waals surface area contributed by atoms with E-state index in [9.17, 15) is 4.79 Å². The van der Waals surface area contributed by atoms with E-state index < -0.39 is 0 Å². The molecule has 4 nitrogen and oxygen atoms in total. The third-order valence-electron chi connectivity index (χ3n) is 2.76. The second-order valence-corrected chi connectivity index (χ2v) is 5.03. The van der Waals surface area contributed by atoms with Crippen molar-refractivity contribution < 1.29 is 4.79 Å². The van der Waals surface area contributed by atoms with Crippen LogP contribution in [0.4, 0.5) is 4.79 Å². The summed E-state index contributed by atoms with van der Waals surface area (Å²) in [5.74, 6) is 0. The SMILES string of the molecule is CN1CCN(CCCCNC(=O)I)CC1. The summed E-state index contributed by atoms with van der Waals surface area (Å²) in [7, 11) is 2.17. The summed E-state index contributed by atoms with van der Waals surface area (Å²) in [6.45, 7) is 6.74. The standard InChI is InChI=1S/C10H20IN3O/c1-13-6-8-14(9-7-13)5-3-2-4-12-10(11)15/h2-9H2,1H3,(H,12,15). The van der Waals surface area contributed by atoms with Gasteiger partial charge in [0.15, 0.2) is 0 Å². The minimum atomic E-state index is 0.0483. The fraction of sp³-hybridized carbons (Fsp3) is 0.900. The van der Waals surface area contributed by atoms with Crippen LogP contribution in [0.2, 0.25) is 0 Å². The summed E-state index contributed by atoms with van der Waals surface area (Å²) in [5, 5.41) is 2.81. The highest BCUT2D eigenvalue weighted by atomic mass is 127. The van der Waals surface area contributed by atoms with Gasteiger partial charge in [-0.1, -0.05) is 0 Å². The van der Waals surface area contributed by atoms with Gasteiger partial charge in [-0.15, -0.1) is 0 Å². The lowest BCUT2D eigenvalue weighted by Gasteiger charge is -2.32. The monoisotopic (exact) mass is 325 g/mol. The molecule has 0 spiro atoms. The third kappa shape index (κ3) is 6.32. The van der Waals surface area contributed by atoms with E-state index in [2.05, 4.69) is 22.2 Å². The molecule has 0 unspecified atom stereocenters. The van der Waals surface area contributed by atoms with E-state index >= 15 is 0 Å². The number of hydrogen-bond donors (Lipinski definition) is 1. The quantitative estimate of drug-likeness (QED) is 0.357. The summed E-state index contributed by atoms with van der Waals surface area (Å²) in [6, 6.07) is 0. The first kappa shape index (κ1) is 13.2. The van der Waals surface area contributed by atoms with Crippen molar-refractivity contribution in [1.29, 1.82) is 0 Å². The Morgan fingerprint density at radius 3 is 2.53 bits per heavy atom. The second kappa shape index (κ2) is 7.40. The number of unbranched alkanes of at least 4 members (excludes halogenated alkanes) is 1. The molecule has 1 saturated heterocycles. The zero-order valence-corrected chi connectivity index (χ0v) is 11.5. The van der Waals surface area contributed by atoms with Gasteiger partial charge in [-0.05, 0) is 26.4 Å². The van der Waals surface area contributed by atoms with Crippen LogP contribution in [0.15, 0.2) is 0 Å². The molecule has 1 fully saturated rings. The molecule has 0 atom stereocenters. The Bertz CT molecular complexity index is 193. The van der Waals surface area contributed by atoms with Crippen LogP contribution in [0.3, 0.4) is 0 Å². The van der Waals surface area contributed by atoms with E-state index in [1.165, 1.54) is 39.1 Å². The normalized spacial score (nSPS) is 19.1. The van der Waals surface area contributed by atoms with Crippen molar-refractivity contribution in [2.45, 2.75) is 12.8 Å². The van der Waals surface area contributed by atoms with Crippen LogP contribution in [-0.4, -0.2) is 60.0 Å². The van der Waals surface area contributed by atoms with Gasteiger partial charge in [-0.25, -0.2) is 0 Å². The van der Waals surface area contributed by atoms with Crippen molar-refractivity contribution in [2.24, 2.45) is 0 Å². The number of carbonyl (C=O) groups excluding carboxylic acids is 1. The van der Waals surface area contributed by atoms with Crippen molar-refractivity contribution in [3.05, 3.63) is 0 Å². The number of nitrogens with zero attached hydrogens (tertiary/aromatic N) is 2. The Balaban J connectivity index is 1.94. The predicted molar refractivity (Wildman–Crippen MR) is 70.6 cm³/mol. The van der Waals surface area contributed by atoms with Crippen molar-refractivity contribution >= 4 is 26.5 Å². The van der Waals surface area contributed by atoms with Gasteiger partial charge in [0.25, 0.3) is 3.91 Å². The van der Waals surface area contributed by atoms with Crippen LogP contribution in [0.25, 0.3) is 0 Å². The Kier molecular flexibility index (Phi) is 6.51. The summed E-state index contributed by atoms with van der Waals surface area (Å²) in [5.41, 5.74) is 0. The molecule has 1 aliphatic rings. The Hall–Kier alpha value is 0.120. The van der Waals surface area contributed by atoms with Gasteiger partial charge in [-0.2, -0.15) is 0 Å². The van der Waals surface area contributed by atoms with E-state index in [-0.39, 0.29) is 3.91 Å². The molecule has 0 aromatic rings. The van der Waals surface area contributed by atoms with Crippen LogP contribution >= 0.6 is 22.6 Å². The van der Waals surface area contributed by atoms with Crippen LogP contribution in [0, 0.1) is 0 Å². The van der Waals surface area contributed by atoms with E-state index in [0.717, 1.165) is 13.0 Å². The third-order valence-corrected chi connectivity index (χ3v) is 3.14. The van der Waals surface area contributed by atoms with E-state index in [0.29, 0.717) is 0 Å². The molecule has 1 N–H and O–H groups in total. The van der Waals surface area contributed by atoms with Crippen LogP contribution in [-0.2, 0) is 0 Å². The average molecular weight is 325 g/mol. The maximum atomic E-state index is 10.6. The molecule has 0 saturated carbocycles. The molecular formula is C10H20IN3O. The number of halogens is 1. The fourth-order valence-corrected chi connectivity index (χ4v) is 1.99. The van der Waals surface area contributed by atoms with Gasteiger partial charge in [0.2, 0.25) is 0 Å². The lowest BCUT2D eigenvalue weighted by atomic mass is 10.2. The molecule has 1 aliphatic heterocycles. The maximum Gasteiger partial charge on any atom is 0.280 e. The minimum Gasteiger partial charge on any atom is -0.348 e. The van der Waals surface area contributed by atoms with E-state index in [1.54, 1.807) is 22.6 Å². The molecule has 1 amide bonds. The molecular weight excluding hydrogens is 305 g/mol. The Morgan fingerprint density at radius 2 is 1.93 bits per heavy atom. The van der Waals surface area contributed by atoms with E-state index in [1.807, 2.05) is 0 Å². The molecule has 0 aromatic heterocycles. The van der Waals surface area contributed by atoms with Crippen molar-refractivity contribution in [3.63, 3.8) is 0 Å². The van der Waals surface area contributed by atoms with Crippen LogP contribution < -0.4 is 5.32 Å². The maximum absolute atomic E-state index is 10.6. The van der Waals surface area contributed by atoms with E-state index in [4.69, 9.17) is 0 Å².